The zero-order chi connectivity index (χ0) is 11.5. The SMILES string of the molecule is CCC(=O)c1cc(-n2cccc2)ccc1C. The number of hydrogen-bond donors (Lipinski definition) is 0. The maximum absolute atomic E-state index is 11.7. The molecule has 0 aliphatic rings. The summed E-state index contributed by atoms with van der Waals surface area (Å²) in [5.41, 5.74) is 2.91. The number of nitrogens with zero attached hydrogens (tertiary/aromatic N) is 1. The number of carbonyl (C=O) groups excluding carboxylic acids is 1. The Kier molecular flexibility index (Phi) is 2.91. The summed E-state index contributed by atoms with van der Waals surface area (Å²) in [6, 6.07) is 9.93. The molecule has 16 heavy (non-hydrogen) atoms. The Labute approximate surface area is 95.5 Å². The Balaban J connectivity index is 2.47. The first-order valence-corrected chi connectivity index (χ1v) is 5.49. The summed E-state index contributed by atoms with van der Waals surface area (Å²) in [7, 11) is 0. The van der Waals surface area contributed by atoms with Gasteiger partial charge in [0.05, 0.1) is 0 Å². The van der Waals surface area contributed by atoms with Gasteiger partial charge >= 0.3 is 0 Å². The van der Waals surface area contributed by atoms with E-state index in [2.05, 4.69) is 0 Å². The van der Waals surface area contributed by atoms with Gasteiger partial charge in [0.25, 0.3) is 0 Å². The predicted octanol–water partition coefficient (Wildman–Crippen LogP) is 3.38. The zero-order valence-electron chi connectivity index (χ0n) is 9.60. The zero-order valence-corrected chi connectivity index (χ0v) is 9.60. The van der Waals surface area contributed by atoms with Gasteiger partial charge in [-0.2, -0.15) is 0 Å². The van der Waals surface area contributed by atoms with Gasteiger partial charge in [-0.3, -0.25) is 4.79 Å². The molecule has 2 rings (SSSR count). The fraction of sp³-hybridized carbons (Fsp3) is 0.214. The van der Waals surface area contributed by atoms with E-state index >= 15 is 0 Å². The number of rotatable bonds is 3. The minimum Gasteiger partial charge on any atom is -0.324 e. The first-order valence-electron chi connectivity index (χ1n) is 5.49. The van der Waals surface area contributed by atoms with E-state index in [1.807, 2.05) is 61.1 Å². The third kappa shape index (κ3) is 1.91. The van der Waals surface area contributed by atoms with Crippen molar-refractivity contribution in [3.05, 3.63) is 53.9 Å². The van der Waals surface area contributed by atoms with E-state index in [4.69, 9.17) is 0 Å². The summed E-state index contributed by atoms with van der Waals surface area (Å²) >= 11 is 0. The van der Waals surface area contributed by atoms with E-state index in [9.17, 15) is 4.79 Å². The van der Waals surface area contributed by atoms with Crippen LogP contribution in [-0.4, -0.2) is 10.4 Å². The molecule has 0 aliphatic heterocycles. The number of aromatic nitrogens is 1. The van der Waals surface area contributed by atoms with E-state index < -0.39 is 0 Å². The fourth-order valence-electron chi connectivity index (χ4n) is 1.77. The number of ketones is 1. The lowest BCUT2D eigenvalue weighted by Crippen LogP contribution is -2.01. The van der Waals surface area contributed by atoms with E-state index in [1.54, 1.807) is 0 Å². The van der Waals surface area contributed by atoms with E-state index in [1.165, 1.54) is 0 Å². The summed E-state index contributed by atoms with van der Waals surface area (Å²) < 4.78 is 2.01. The van der Waals surface area contributed by atoms with Crippen LogP contribution < -0.4 is 0 Å². The van der Waals surface area contributed by atoms with Crippen LogP contribution in [0.25, 0.3) is 5.69 Å². The summed E-state index contributed by atoms with van der Waals surface area (Å²) in [6.07, 6.45) is 4.51. The summed E-state index contributed by atoms with van der Waals surface area (Å²) in [6.45, 7) is 3.87. The van der Waals surface area contributed by atoms with Crippen molar-refractivity contribution >= 4 is 5.78 Å². The van der Waals surface area contributed by atoms with E-state index in [0.29, 0.717) is 6.42 Å². The molecule has 2 heteroatoms. The number of Topliss-reactive ketones (excluding diaryl/α,β-unsaturated/α-hetero) is 1. The van der Waals surface area contributed by atoms with Crippen LogP contribution in [0, 0.1) is 6.92 Å². The topological polar surface area (TPSA) is 22.0 Å². The molecule has 0 spiro atoms. The molecule has 82 valence electrons. The number of hydrogen-bond acceptors (Lipinski definition) is 1. The molecule has 0 unspecified atom stereocenters. The summed E-state index contributed by atoms with van der Waals surface area (Å²) in [4.78, 5) is 11.7. The van der Waals surface area contributed by atoms with Gasteiger partial charge in [-0.1, -0.05) is 13.0 Å². The van der Waals surface area contributed by atoms with Crippen LogP contribution in [0.15, 0.2) is 42.7 Å². The van der Waals surface area contributed by atoms with Crippen molar-refractivity contribution in [3.8, 4) is 5.69 Å². The molecule has 0 aliphatic carbocycles. The number of benzene rings is 1. The highest BCUT2D eigenvalue weighted by Gasteiger charge is 2.08. The van der Waals surface area contributed by atoms with Gasteiger partial charge in [0.1, 0.15) is 0 Å². The third-order valence-electron chi connectivity index (χ3n) is 2.75. The molecule has 0 saturated heterocycles. The largest absolute Gasteiger partial charge is 0.324 e. The first kappa shape index (κ1) is 10.7. The molecule has 2 nitrogen and oxygen atoms in total. The lowest BCUT2D eigenvalue weighted by atomic mass is 10.0. The summed E-state index contributed by atoms with van der Waals surface area (Å²) in [5, 5.41) is 0. The maximum Gasteiger partial charge on any atom is 0.162 e. The first-order chi connectivity index (χ1) is 7.72. The lowest BCUT2D eigenvalue weighted by molar-refractivity contribution is 0.0987. The Morgan fingerprint density at radius 2 is 1.94 bits per heavy atom. The predicted molar refractivity (Wildman–Crippen MR) is 65.1 cm³/mol. The average molecular weight is 213 g/mol. The van der Waals surface area contributed by atoms with Gasteiger partial charge in [-0.05, 0) is 36.8 Å². The van der Waals surface area contributed by atoms with Crippen molar-refractivity contribution in [2.24, 2.45) is 0 Å². The second-order valence-electron chi connectivity index (χ2n) is 3.87. The molecule has 0 radical (unpaired) electrons. The van der Waals surface area contributed by atoms with Gasteiger partial charge in [-0.15, -0.1) is 0 Å². The molecule has 0 N–H and O–H groups in total. The highest BCUT2D eigenvalue weighted by molar-refractivity contribution is 5.97. The van der Waals surface area contributed by atoms with Crippen LogP contribution in [-0.2, 0) is 0 Å². The Hall–Kier alpha value is -1.83. The van der Waals surface area contributed by atoms with Crippen molar-refractivity contribution in [3.63, 3.8) is 0 Å². The minimum absolute atomic E-state index is 0.200. The molecular weight excluding hydrogens is 198 g/mol. The molecule has 0 bridgehead atoms. The monoisotopic (exact) mass is 213 g/mol. The van der Waals surface area contributed by atoms with Crippen LogP contribution in [0.4, 0.5) is 0 Å². The second kappa shape index (κ2) is 4.35. The van der Waals surface area contributed by atoms with Crippen LogP contribution in [0.1, 0.15) is 29.3 Å². The van der Waals surface area contributed by atoms with Gasteiger partial charge in [-0.25, -0.2) is 0 Å². The normalized spacial score (nSPS) is 10.4. The van der Waals surface area contributed by atoms with Crippen LogP contribution in [0.2, 0.25) is 0 Å². The number of aryl methyl sites for hydroxylation is 1. The lowest BCUT2D eigenvalue weighted by Gasteiger charge is -2.08. The highest BCUT2D eigenvalue weighted by Crippen LogP contribution is 2.16. The smallest absolute Gasteiger partial charge is 0.162 e. The third-order valence-corrected chi connectivity index (χ3v) is 2.75. The molecule has 0 atom stereocenters. The van der Waals surface area contributed by atoms with Crippen molar-refractivity contribution in [2.75, 3.05) is 0 Å². The van der Waals surface area contributed by atoms with Gasteiger partial charge in [0.15, 0.2) is 5.78 Å². The van der Waals surface area contributed by atoms with E-state index in [-0.39, 0.29) is 5.78 Å². The standard InChI is InChI=1S/C14H15NO/c1-3-14(16)13-10-12(7-6-11(13)2)15-8-4-5-9-15/h4-10H,3H2,1-2H3. The van der Waals surface area contributed by atoms with Gasteiger partial charge < -0.3 is 4.57 Å². The van der Waals surface area contributed by atoms with Gasteiger partial charge in [0, 0.05) is 30.1 Å². The molecular formula is C14H15NO. The van der Waals surface area contributed by atoms with Crippen molar-refractivity contribution < 1.29 is 4.79 Å². The summed E-state index contributed by atoms with van der Waals surface area (Å²) in [5.74, 6) is 0.200. The Morgan fingerprint density at radius 1 is 1.25 bits per heavy atom. The van der Waals surface area contributed by atoms with Crippen LogP contribution >= 0.6 is 0 Å². The quantitative estimate of drug-likeness (QED) is 0.716. The molecule has 1 heterocycles. The highest BCUT2D eigenvalue weighted by atomic mass is 16.1. The van der Waals surface area contributed by atoms with Gasteiger partial charge in [0.2, 0.25) is 0 Å². The molecule has 1 aromatic carbocycles. The van der Waals surface area contributed by atoms with Crippen LogP contribution in [0.3, 0.4) is 0 Å². The molecule has 0 amide bonds. The Bertz CT molecular complexity index is 497. The van der Waals surface area contributed by atoms with Crippen LogP contribution in [0.5, 0.6) is 0 Å². The molecule has 1 aromatic heterocycles. The Morgan fingerprint density at radius 3 is 2.56 bits per heavy atom. The second-order valence-corrected chi connectivity index (χ2v) is 3.87. The molecule has 0 saturated carbocycles. The minimum atomic E-state index is 0.200. The maximum atomic E-state index is 11.7. The van der Waals surface area contributed by atoms with Crippen molar-refractivity contribution in [1.29, 1.82) is 0 Å². The van der Waals surface area contributed by atoms with Crippen molar-refractivity contribution in [1.82, 2.24) is 4.57 Å². The molecule has 0 fully saturated rings. The number of carbonyl (C=O) groups is 1. The van der Waals surface area contributed by atoms with E-state index in [0.717, 1.165) is 16.8 Å². The fourth-order valence-corrected chi connectivity index (χ4v) is 1.77. The van der Waals surface area contributed by atoms with Crippen molar-refractivity contribution in [2.45, 2.75) is 20.3 Å². The molecule has 2 aromatic rings. The average Bonchev–Trinajstić information content (AvgIpc) is 2.82.